The average Bonchev–Trinajstić information content (AvgIpc) is 2.98. The number of amides is 1. The number of benzene rings is 2. The zero-order valence-electron chi connectivity index (χ0n) is 16.2. The minimum absolute atomic E-state index is 0.137. The molecule has 138 valence electrons. The van der Waals surface area contributed by atoms with Gasteiger partial charge in [-0.2, -0.15) is 5.10 Å². The Morgan fingerprint density at radius 1 is 1.04 bits per heavy atom. The predicted molar refractivity (Wildman–Crippen MR) is 107 cm³/mol. The van der Waals surface area contributed by atoms with Crippen LogP contribution in [0.2, 0.25) is 0 Å². The van der Waals surface area contributed by atoms with Crippen molar-refractivity contribution < 1.29 is 4.79 Å². The number of carbonyl (C=O) groups excluding carboxylic acids is 1. The van der Waals surface area contributed by atoms with Gasteiger partial charge in [0.15, 0.2) is 0 Å². The molecule has 1 amide bonds. The van der Waals surface area contributed by atoms with E-state index in [1.54, 1.807) is 6.92 Å². The zero-order valence-corrected chi connectivity index (χ0v) is 16.2. The summed E-state index contributed by atoms with van der Waals surface area (Å²) >= 11 is 0. The lowest BCUT2D eigenvalue weighted by Crippen LogP contribution is -2.34. The third kappa shape index (κ3) is 3.52. The number of hydrogen-bond donors (Lipinski definition) is 0. The quantitative estimate of drug-likeness (QED) is 0.711. The maximum atomic E-state index is 11.8. The number of rotatable bonds is 3. The van der Waals surface area contributed by atoms with Crippen LogP contribution in [0, 0.1) is 6.92 Å². The molecule has 0 bridgehead atoms. The SMILES string of the molecule is CC(=O)N1CCc2c(c(Cc3ccc(-c4ccc(C)cc4)cc3)nn2C)C1. The van der Waals surface area contributed by atoms with Crippen molar-refractivity contribution in [3.8, 4) is 11.1 Å². The minimum Gasteiger partial charge on any atom is -0.338 e. The second kappa shape index (κ2) is 7.03. The highest BCUT2D eigenvalue weighted by molar-refractivity contribution is 5.73. The Morgan fingerprint density at radius 2 is 1.67 bits per heavy atom. The largest absolute Gasteiger partial charge is 0.338 e. The van der Waals surface area contributed by atoms with Gasteiger partial charge in [0.05, 0.1) is 5.69 Å². The molecule has 0 fully saturated rings. The maximum absolute atomic E-state index is 11.8. The van der Waals surface area contributed by atoms with Gasteiger partial charge in [-0.25, -0.2) is 0 Å². The smallest absolute Gasteiger partial charge is 0.219 e. The van der Waals surface area contributed by atoms with Gasteiger partial charge in [-0.1, -0.05) is 54.1 Å². The first-order valence-electron chi connectivity index (χ1n) is 9.46. The molecule has 0 saturated heterocycles. The van der Waals surface area contributed by atoms with Crippen molar-refractivity contribution in [2.24, 2.45) is 7.05 Å². The normalized spacial score (nSPS) is 13.5. The number of aromatic nitrogens is 2. The van der Waals surface area contributed by atoms with Crippen LogP contribution in [0.5, 0.6) is 0 Å². The van der Waals surface area contributed by atoms with Crippen molar-refractivity contribution in [3.63, 3.8) is 0 Å². The molecule has 4 heteroatoms. The van der Waals surface area contributed by atoms with Gasteiger partial charge in [-0.05, 0) is 23.6 Å². The molecule has 0 unspecified atom stereocenters. The van der Waals surface area contributed by atoms with E-state index in [9.17, 15) is 4.79 Å². The van der Waals surface area contributed by atoms with Gasteiger partial charge >= 0.3 is 0 Å². The molecule has 1 aliphatic rings. The van der Waals surface area contributed by atoms with E-state index in [0.29, 0.717) is 6.54 Å². The standard InChI is InChI=1S/C23H25N3O/c1-16-4-8-19(9-5-16)20-10-6-18(7-11-20)14-22-21-15-26(17(2)27)13-12-23(21)25(3)24-22/h4-11H,12-15H2,1-3H3. The summed E-state index contributed by atoms with van der Waals surface area (Å²) in [6, 6.07) is 17.3. The van der Waals surface area contributed by atoms with Crippen LogP contribution in [0.1, 0.15) is 35.0 Å². The Kier molecular flexibility index (Phi) is 4.56. The van der Waals surface area contributed by atoms with Gasteiger partial charge < -0.3 is 4.90 Å². The monoisotopic (exact) mass is 359 g/mol. The van der Waals surface area contributed by atoms with Crippen molar-refractivity contribution >= 4 is 5.91 Å². The summed E-state index contributed by atoms with van der Waals surface area (Å²) in [5.41, 5.74) is 8.55. The summed E-state index contributed by atoms with van der Waals surface area (Å²) < 4.78 is 1.99. The molecule has 4 nitrogen and oxygen atoms in total. The lowest BCUT2D eigenvalue weighted by atomic mass is 9.98. The predicted octanol–water partition coefficient (Wildman–Crippen LogP) is 3.89. The van der Waals surface area contributed by atoms with E-state index in [1.165, 1.54) is 33.5 Å². The first-order chi connectivity index (χ1) is 13.0. The Labute approximate surface area is 160 Å². The minimum atomic E-state index is 0.137. The van der Waals surface area contributed by atoms with Gasteiger partial charge in [0.25, 0.3) is 0 Å². The number of aryl methyl sites for hydroxylation is 2. The third-order valence-corrected chi connectivity index (χ3v) is 5.48. The fraction of sp³-hybridized carbons (Fsp3) is 0.304. The van der Waals surface area contributed by atoms with Crippen LogP contribution in [-0.2, 0) is 31.2 Å². The molecule has 0 saturated carbocycles. The first kappa shape index (κ1) is 17.5. The highest BCUT2D eigenvalue weighted by atomic mass is 16.2. The van der Waals surface area contributed by atoms with Crippen LogP contribution in [0.25, 0.3) is 11.1 Å². The van der Waals surface area contributed by atoms with Crippen molar-refractivity contribution in [1.29, 1.82) is 0 Å². The summed E-state index contributed by atoms with van der Waals surface area (Å²) in [5.74, 6) is 0.137. The van der Waals surface area contributed by atoms with E-state index in [4.69, 9.17) is 5.10 Å². The molecule has 0 N–H and O–H groups in total. The Bertz CT molecular complexity index is 968. The molecule has 0 aliphatic carbocycles. The van der Waals surface area contributed by atoms with E-state index >= 15 is 0 Å². The summed E-state index contributed by atoms with van der Waals surface area (Å²) in [5, 5.41) is 4.75. The summed E-state index contributed by atoms with van der Waals surface area (Å²) in [6.45, 7) is 5.21. The van der Waals surface area contributed by atoms with Crippen LogP contribution < -0.4 is 0 Å². The third-order valence-electron chi connectivity index (χ3n) is 5.48. The van der Waals surface area contributed by atoms with Gasteiger partial charge in [0.1, 0.15) is 0 Å². The fourth-order valence-electron chi connectivity index (χ4n) is 3.83. The van der Waals surface area contributed by atoms with Gasteiger partial charge in [-0.3, -0.25) is 9.48 Å². The summed E-state index contributed by atoms with van der Waals surface area (Å²) in [7, 11) is 2.01. The second-order valence-electron chi connectivity index (χ2n) is 7.43. The van der Waals surface area contributed by atoms with Crippen molar-refractivity contribution in [2.75, 3.05) is 6.54 Å². The van der Waals surface area contributed by atoms with E-state index < -0.39 is 0 Å². The van der Waals surface area contributed by atoms with Crippen molar-refractivity contribution in [2.45, 2.75) is 33.2 Å². The van der Waals surface area contributed by atoms with Crippen LogP contribution in [0.3, 0.4) is 0 Å². The van der Waals surface area contributed by atoms with Crippen LogP contribution in [-0.4, -0.2) is 27.1 Å². The van der Waals surface area contributed by atoms with E-state index in [1.807, 2.05) is 16.6 Å². The molecule has 27 heavy (non-hydrogen) atoms. The van der Waals surface area contributed by atoms with Gasteiger partial charge in [0.2, 0.25) is 5.91 Å². The lowest BCUT2D eigenvalue weighted by Gasteiger charge is -2.26. The molecule has 4 rings (SSSR count). The van der Waals surface area contributed by atoms with Gasteiger partial charge in [-0.15, -0.1) is 0 Å². The molecule has 0 radical (unpaired) electrons. The molecule has 2 aromatic carbocycles. The first-order valence-corrected chi connectivity index (χ1v) is 9.46. The van der Waals surface area contributed by atoms with E-state index in [2.05, 4.69) is 55.5 Å². The fourth-order valence-corrected chi connectivity index (χ4v) is 3.83. The average molecular weight is 359 g/mol. The molecule has 3 aromatic rings. The lowest BCUT2D eigenvalue weighted by molar-refractivity contribution is -0.129. The van der Waals surface area contributed by atoms with Crippen molar-refractivity contribution in [3.05, 3.63) is 76.6 Å². The summed E-state index contributed by atoms with van der Waals surface area (Å²) in [6.07, 6.45) is 1.67. The molecule has 0 atom stereocenters. The number of hydrogen-bond acceptors (Lipinski definition) is 2. The van der Waals surface area contributed by atoms with Crippen LogP contribution >= 0.6 is 0 Å². The zero-order chi connectivity index (χ0) is 19.0. The van der Waals surface area contributed by atoms with Crippen LogP contribution in [0.15, 0.2) is 48.5 Å². The number of fused-ring (bicyclic) bond motifs is 1. The van der Waals surface area contributed by atoms with Crippen LogP contribution in [0.4, 0.5) is 0 Å². The molecule has 1 aromatic heterocycles. The molecule has 2 heterocycles. The highest BCUT2D eigenvalue weighted by Crippen LogP contribution is 2.25. The second-order valence-corrected chi connectivity index (χ2v) is 7.43. The topological polar surface area (TPSA) is 38.1 Å². The van der Waals surface area contributed by atoms with Crippen molar-refractivity contribution in [1.82, 2.24) is 14.7 Å². The maximum Gasteiger partial charge on any atom is 0.219 e. The Hall–Kier alpha value is -2.88. The summed E-state index contributed by atoms with van der Waals surface area (Å²) in [4.78, 5) is 13.7. The molecule has 0 spiro atoms. The van der Waals surface area contributed by atoms with E-state index in [-0.39, 0.29) is 5.91 Å². The number of carbonyl (C=O) groups is 1. The molecule has 1 aliphatic heterocycles. The highest BCUT2D eigenvalue weighted by Gasteiger charge is 2.25. The number of nitrogens with zero attached hydrogens (tertiary/aromatic N) is 3. The molecular formula is C23H25N3O. The van der Waals surface area contributed by atoms with E-state index in [0.717, 1.165) is 25.1 Å². The Morgan fingerprint density at radius 3 is 2.30 bits per heavy atom. The van der Waals surface area contributed by atoms with Gasteiger partial charge in [0, 0.05) is 51.2 Å². The Balaban J connectivity index is 1.56. The molecular weight excluding hydrogens is 334 g/mol.